The van der Waals surface area contributed by atoms with Gasteiger partial charge in [0.05, 0.1) is 17.4 Å². The van der Waals surface area contributed by atoms with E-state index < -0.39 is 5.54 Å². The van der Waals surface area contributed by atoms with Crippen molar-refractivity contribution in [3.8, 4) is 0 Å². The number of anilines is 2. The highest BCUT2D eigenvalue weighted by Gasteiger charge is 2.46. The highest BCUT2D eigenvalue weighted by molar-refractivity contribution is 6.06. The van der Waals surface area contributed by atoms with Gasteiger partial charge >= 0.3 is 0 Å². The van der Waals surface area contributed by atoms with Crippen LogP contribution in [-0.2, 0) is 9.59 Å². The minimum absolute atomic E-state index is 0.0120. The molecule has 6 heteroatoms. The topological polar surface area (TPSA) is 64.7 Å². The van der Waals surface area contributed by atoms with Crippen molar-refractivity contribution in [1.29, 1.82) is 0 Å². The Kier molecular flexibility index (Phi) is 4.39. The molecular formula is C20H28N4O2. The molecule has 140 valence electrons. The van der Waals surface area contributed by atoms with Crippen LogP contribution in [0.15, 0.2) is 24.3 Å². The maximum Gasteiger partial charge on any atom is 0.250 e. The van der Waals surface area contributed by atoms with Crippen LogP contribution in [0.25, 0.3) is 0 Å². The third-order valence-electron chi connectivity index (χ3n) is 6.16. The number of carbonyl (C=O) groups excluding carboxylic acids is 2. The van der Waals surface area contributed by atoms with Crippen LogP contribution in [0.2, 0.25) is 0 Å². The largest absolute Gasteiger partial charge is 0.369 e. The molecule has 0 aliphatic carbocycles. The maximum atomic E-state index is 13.0. The summed E-state index contributed by atoms with van der Waals surface area (Å²) in [6.07, 6.45) is 3.33. The SMILES string of the molecule is CC(C)N1CCC[C@H]1C(=O)N1CCC2(CC1)Nc1ccccc1NC2=O. The summed E-state index contributed by atoms with van der Waals surface area (Å²) in [5.74, 6) is 0.260. The Morgan fingerprint density at radius 3 is 2.54 bits per heavy atom. The zero-order valence-electron chi connectivity index (χ0n) is 15.6. The average Bonchev–Trinajstić information content (AvgIpc) is 3.13. The molecular weight excluding hydrogens is 328 g/mol. The highest BCUT2D eigenvalue weighted by atomic mass is 16.2. The number of rotatable bonds is 2. The number of nitrogens with one attached hydrogen (secondary N) is 2. The number of hydrogen-bond acceptors (Lipinski definition) is 4. The molecule has 2 fully saturated rings. The van der Waals surface area contributed by atoms with Gasteiger partial charge in [-0.2, -0.15) is 0 Å². The molecule has 1 atom stereocenters. The van der Waals surface area contributed by atoms with Gasteiger partial charge in [-0.1, -0.05) is 12.1 Å². The molecule has 3 heterocycles. The Morgan fingerprint density at radius 2 is 1.85 bits per heavy atom. The molecule has 2 saturated heterocycles. The summed E-state index contributed by atoms with van der Waals surface area (Å²) in [4.78, 5) is 30.0. The maximum absolute atomic E-state index is 13.0. The molecule has 3 aliphatic heterocycles. The molecule has 1 spiro atoms. The van der Waals surface area contributed by atoms with Gasteiger partial charge < -0.3 is 15.5 Å². The summed E-state index contributed by atoms with van der Waals surface area (Å²) in [7, 11) is 0. The molecule has 1 aromatic carbocycles. The van der Waals surface area contributed by atoms with Gasteiger partial charge in [0, 0.05) is 19.1 Å². The molecule has 0 bridgehead atoms. The second-order valence-corrected chi connectivity index (χ2v) is 8.02. The summed E-state index contributed by atoms with van der Waals surface area (Å²) >= 11 is 0. The number of hydrogen-bond donors (Lipinski definition) is 2. The lowest BCUT2D eigenvalue weighted by molar-refractivity contribution is -0.139. The van der Waals surface area contributed by atoms with Crippen LogP contribution in [-0.4, -0.2) is 58.9 Å². The van der Waals surface area contributed by atoms with Crippen molar-refractivity contribution in [2.75, 3.05) is 30.3 Å². The Balaban J connectivity index is 1.44. The van der Waals surface area contributed by atoms with E-state index in [1.54, 1.807) is 0 Å². The Bertz CT molecular complexity index is 710. The molecule has 0 saturated carbocycles. The zero-order chi connectivity index (χ0) is 18.3. The van der Waals surface area contributed by atoms with E-state index in [9.17, 15) is 9.59 Å². The van der Waals surface area contributed by atoms with E-state index >= 15 is 0 Å². The standard InChI is InChI=1S/C20H28N4O2/c1-14(2)24-11-5-8-17(24)18(25)23-12-9-20(10-13-23)19(26)21-15-6-3-4-7-16(15)22-20/h3-4,6-7,14,17,22H,5,8-13H2,1-2H3,(H,21,26)/t17-/m0/s1. The number of para-hydroxylation sites is 2. The van der Waals surface area contributed by atoms with E-state index in [1.807, 2.05) is 29.2 Å². The van der Waals surface area contributed by atoms with Gasteiger partial charge in [0.15, 0.2) is 0 Å². The van der Waals surface area contributed by atoms with Crippen LogP contribution in [0.4, 0.5) is 11.4 Å². The molecule has 2 amide bonds. The Labute approximate surface area is 154 Å². The van der Waals surface area contributed by atoms with Crippen LogP contribution in [0.1, 0.15) is 39.5 Å². The highest BCUT2D eigenvalue weighted by Crippen LogP contribution is 2.36. The van der Waals surface area contributed by atoms with E-state index in [0.29, 0.717) is 32.0 Å². The third kappa shape index (κ3) is 2.86. The van der Waals surface area contributed by atoms with Crippen molar-refractivity contribution in [1.82, 2.24) is 9.80 Å². The minimum Gasteiger partial charge on any atom is -0.369 e. The molecule has 3 aliphatic rings. The van der Waals surface area contributed by atoms with E-state index in [4.69, 9.17) is 0 Å². The number of likely N-dealkylation sites (tertiary alicyclic amines) is 2. The first-order valence-electron chi connectivity index (χ1n) is 9.73. The minimum atomic E-state index is -0.599. The Morgan fingerprint density at radius 1 is 1.15 bits per heavy atom. The van der Waals surface area contributed by atoms with Crippen molar-refractivity contribution in [2.24, 2.45) is 0 Å². The fraction of sp³-hybridized carbons (Fsp3) is 0.600. The van der Waals surface area contributed by atoms with Crippen molar-refractivity contribution in [2.45, 2.75) is 57.2 Å². The molecule has 0 radical (unpaired) electrons. The first-order valence-corrected chi connectivity index (χ1v) is 9.73. The van der Waals surface area contributed by atoms with E-state index in [0.717, 1.165) is 30.8 Å². The zero-order valence-corrected chi connectivity index (χ0v) is 15.6. The van der Waals surface area contributed by atoms with Gasteiger partial charge in [-0.3, -0.25) is 14.5 Å². The fourth-order valence-corrected chi connectivity index (χ4v) is 4.60. The summed E-state index contributed by atoms with van der Waals surface area (Å²) in [6.45, 7) is 6.58. The summed E-state index contributed by atoms with van der Waals surface area (Å²) in [5.41, 5.74) is 1.20. The van der Waals surface area contributed by atoms with Crippen LogP contribution >= 0.6 is 0 Å². The first-order chi connectivity index (χ1) is 12.5. The van der Waals surface area contributed by atoms with Gasteiger partial charge in [0.2, 0.25) is 11.8 Å². The molecule has 1 aromatic rings. The number of carbonyl (C=O) groups is 2. The molecule has 26 heavy (non-hydrogen) atoms. The van der Waals surface area contributed by atoms with Crippen LogP contribution in [0.3, 0.4) is 0 Å². The van der Waals surface area contributed by atoms with E-state index in [-0.39, 0.29) is 17.9 Å². The molecule has 2 N–H and O–H groups in total. The first kappa shape index (κ1) is 17.3. The van der Waals surface area contributed by atoms with Crippen molar-refractivity contribution in [3.05, 3.63) is 24.3 Å². The number of amides is 2. The van der Waals surface area contributed by atoms with Crippen LogP contribution < -0.4 is 10.6 Å². The van der Waals surface area contributed by atoms with Gasteiger partial charge in [-0.05, 0) is 58.2 Å². The molecule has 0 aromatic heterocycles. The second kappa shape index (κ2) is 6.58. The normalized spacial score (nSPS) is 25.1. The lowest BCUT2D eigenvalue weighted by Crippen LogP contribution is -2.60. The van der Waals surface area contributed by atoms with Crippen LogP contribution in [0, 0.1) is 0 Å². The fourth-order valence-electron chi connectivity index (χ4n) is 4.60. The Hall–Kier alpha value is -2.08. The predicted molar refractivity (Wildman–Crippen MR) is 102 cm³/mol. The van der Waals surface area contributed by atoms with Crippen molar-refractivity contribution < 1.29 is 9.59 Å². The quantitative estimate of drug-likeness (QED) is 0.853. The lowest BCUT2D eigenvalue weighted by atomic mass is 9.84. The average molecular weight is 356 g/mol. The van der Waals surface area contributed by atoms with Gasteiger partial charge in [-0.25, -0.2) is 0 Å². The monoisotopic (exact) mass is 356 g/mol. The summed E-state index contributed by atoms with van der Waals surface area (Å²) in [5, 5.41) is 6.49. The predicted octanol–water partition coefficient (Wildman–Crippen LogP) is 2.28. The molecule has 6 nitrogen and oxygen atoms in total. The van der Waals surface area contributed by atoms with Crippen LogP contribution in [0.5, 0.6) is 0 Å². The van der Waals surface area contributed by atoms with E-state index in [2.05, 4.69) is 29.4 Å². The third-order valence-corrected chi connectivity index (χ3v) is 6.16. The number of fused-ring (bicyclic) bond motifs is 1. The van der Waals surface area contributed by atoms with Gasteiger partial charge in [-0.15, -0.1) is 0 Å². The summed E-state index contributed by atoms with van der Waals surface area (Å²) in [6, 6.07) is 8.19. The molecule has 4 rings (SSSR count). The summed E-state index contributed by atoms with van der Waals surface area (Å²) < 4.78 is 0. The van der Waals surface area contributed by atoms with Crippen molar-refractivity contribution >= 4 is 23.2 Å². The van der Waals surface area contributed by atoms with E-state index in [1.165, 1.54) is 0 Å². The number of piperidine rings is 1. The lowest BCUT2D eigenvalue weighted by Gasteiger charge is -2.45. The van der Waals surface area contributed by atoms with Gasteiger partial charge in [0.1, 0.15) is 5.54 Å². The number of benzene rings is 1. The smallest absolute Gasteiger partial charge is 0.250 e. The van der Waals surface area contributed by atoms with Gasteiger partial charge in [0.25, 0.3) is 0 Å². The molecule has 0 unspecified atom stereocenters. The number of nitrogens with zero attached hydrogens (tertiary/aromatic N) is 2. The van der Waals surface area contributed by atoms with Crippen molar-refractivity contribution in [3.63, 3.8) is 0 Å². The second-order valence-electron chi connectivity index (χ2n) is 8.02.